The Balaban J connectivity index is 1.58. The van der Waals surface area contributed by atoms with Gasteiger partial charge in [0.15, 0.2) is 17.9 Å². The van der Waals surface area contributed by atoms with Crippen molar-refractivity contribution in [2.24, 2.45) is 11.0 Å². The Morgan fingerprint density at radius 1 is 1.16 bits per heavy atom. The minimum absolute atomic E-state index is 0.166. The molecule has 0 aromatic rings. The van der Waals surface area contributed by atoms with Gasteiger partial charge in [0.05, 0.1) is 18.6 Å². The fraction of sp³-hybridized carbons (Fsp3) is 0.950. The summed E-state index contributed by atoms with van der Waals surface area (Å²) in [7, 11) is 1.66. The van der Waals surface area contributed by atoms with Crippen LogP contribution in [0.15, 0.2) is 5.10 Å². The maximum Gasteiger partial charge on any atom is 0.214 e. The molecule has 4 rings (SSSR count). The van der Waals surface area contributed by atoms with Gasteiger partial charge < -0.3 is 28.4 Å². The molecule has 11 nitrogen and oxygen atoms in total. The van der Waals surface area contributed by atoms with Crippen LogP contribution >= 0.6 is 0 Å². The topological polar surface area (TPSA) is 114 Å². The Hall–Kier alpha value is -1.37. The Kier molecular flexibility index (Phi) is 6.27. The van der Waals surface area contributed by atoms with Crippen LogP contribution in [-0.2, 0) is 28.4 Å². The third-order valence-electron chi connectivity index (χ3n) is 6.08. The first-order valence-electron chi connectivity index (χ1n) is 10.9. The third kappa shape index (κ3) is 4.86. The van der Waals surface area contributed by atoms with Crippen molar-refractivity contribution in [3.63, 3.8) is 0 Å². The number of fused-ring (bicyclic) bond motifs is 3. The van der Waals surface area contributed by atoms with Crippen molar-refractivity contribution >= 4 is 6.21 Å². The molecule has 4 aliphatic heterocycles. The maximum atomic E-state index is 11.5. The third-order valence-corrected chi connectivity index (χ3v) is 6.08. The van der Waals surface area contributed by atoms with Gasteiger partial charge in [-0.2, -0.15) is 5.10 Å². The zero-order valence-electron chi connectivity index (χ0n) is 18.8. The highest BCUT2D eigenvalue weighted by atomic mass is 16.9. The number of methoxy groups -OCH3 is 1. The quantitative estimate of drug-likeness (QED) is 0.327. The molecular formula is C20H33N3O8. The molecule has 0 aliphatic carbocycles. The molecule has 0 N–H and O–H groups in total. The van der Waals surface area contributed by atoms with E-state index < -0.39 is 48.2 Å². The van der Waals surface area contributed by atoms with Gasteiger partial charge in [-0.05, 0) is 40.5 Å². The summed E-state index contributed by atoms with van der Waals surface area (Å²) < 4.78 is 35.7. The highest BCUT2D eigenvalue weighted by Gasteiger charge is 2.62. The molecule has 0 aromatic heterocycles. The first kappa shape index (κ1) is 22.8. The summed E-state index contributed by atoms with van der Waals surface area (Å²) in [6, 6.07) is 0.166. The molecule has 0 bridgehead atoms. The van der Waals surface area contributed by atoms with Crippen LogP contribution in [0.5, 0.6) is 0 Å². The van der Waals surface area contributed by atoms with E-state index in [-0.39, 0.29) is 17.5 Å². The Bertz CT molecular complexity index is 702. The van der Waals surface area contributed by atoms with Crippen LogP contribution in [0, 0.1) is 16.0 Å². The van der Waals surface area contributed by atoms with Gasteiger partial charge in [-0.3, -0.25) is 15.1 Å². The van der Waals surface area contributed by atoms with E-state index in [2.05, 4.69) is 5.10 Å². The van der Waals surface area contributed by atoms with Crippen LogP contribution in [0.4, 0.5) is 0 Å². The van der Waals surface area contributed by atoms with Crippen LogP contribution < -0.4 is 0 Å². The fourth-order valence-corrected chi connectivity index (χ4v) is 4.90. The van der Waals surface area contributed by atoms with Crippen LogP contribution in [-0.4, -0.2) is 91.3 Å². The average Bonchev–Trinajstić information content (AvgIpc) is 3.31. The molecule has 4 saturated heterocycles. The Labute approximate surface area is 182 Å². The number of hydrogen-bond acceptors (Lipinski definition) is 10. The molecule has 0 unspecified atom stereocenters. The van der Waals surface area contributed by atoms with E-state index in [1.165, 1.54) is 0 Å². The molecule has 31 heavy (non-hydrogen) atoms. The lowest BCUT2D eigenvalue weighted by Gasteiger charge is -2.39. The second-order valence-electron chi connectivity index (χ2n) is 9.49. The van der Waals surface area contributed by atoms with E-state index in [0.717, 1.165) is 19.4 Å². The lowest BCUT2D eigenvalue weighted by Crippen LogP contribution is -2.58. The fourth-order valence-electron chi connectivity index (χ4n) is 4.90. The normalized spacial score (nSPS) is 39.6. The Morgan fingerprint density at radius 2 is 1.84 bits per heavy atom. The van der Waals surface area contributed by atoms with Gasteiger partial charge in [0.1, 0.15) is 24.4 Å². The van der Waals surface area contributed by atoms with Gasteiger partial charge in [-0.25, -0.2) is 0 Å². The first-order valence-corrected chi connectivity index (χ1v) is 10.9. The summed E-state index contributed by atoms with van der Waals surface area (Å²) in [5, 5.41) is 18.0. The molecule has 0 aromatic carbocycles. The number of hydrogen-bond donors (Lipinski definition) is 0. The molecule has 0 amide bonds. The molecule has 4 heterocycles. The second kappa shape index (κ2) is 8.53. The molecule has 11 heteroatoms. The highest BCUT2D eigenvalue weighted by Crippen LogP contribution is 2.45. The number of nitrogens with zero attached hydrogens (tertiary/aromatic N) is 3. The van der Waals surface area contributed by atoms with Crippen molar-refractivity contribution in [3.8, 4) is 0 Å². The molecule has 4 aliphatic rings. The van der Waals surface area contributed by atoms with Crippen LogP contribution in [0.1, 0.15) is 40.5 Å². The van der Waals surface area contributed by atoms with Gasteiger partial charge in [0, 0.05) is 24.8 Å². The summed E-state index contributed by atoms with van der Waals surface area (Å²) >= 11 is 0. The smallest absolute Gasteiger partial charge is 0.214 e. The SMILES string of the molecule is COC[C@@H]1CCCN1/N=C/[C@H](C[N+](=O)[O-])[C@H]1O[C@@H]2OC(C)(C)O[C@@H]2[C@H]2OC(C)(C)O[C@H]21. The van der Waals surface area contributed by atoms with Crippen molar-refractivity contribution in [3.05, 3.63) is 10.1 Å². The number of nitro groups is 1. The maximum absolute atomic E-state index is 11.5. The molecular weight excluding hydrogens is 410 g/mol. The summed E-state index contributed by atoms with van der Waals surface area (Å²) in [4.78, 5) is 11.1. The molecule has 176 valence electrons. The molecule has 7 atom stereocenters. The predicted octanol–water partition coefficient (Wildman–Crippen LogP) is 1.37. The average molecular weight is 443 g/mol. The summed E-state index contributed by atoms with van der Waals surface area (Å²) in [6.45, 7) is 8.25. The lowest BCUT2D eigenvalue weighted by atomic mass is 9.90. The van der Waals surface area contributed by atoms with Gasteiger partial charge in [0.25, 0.3) is 0 Å². The molecule has 4 fully saturated rings. The van der Waals surface area contributed by atoms with Gasteiger partial charge >= 0.3 is 0 Å². The number of hydrazone groups is 1. The lowest BCUT2D eigenvalue weighted by molar-refractivity contribution is -0.488. The largest absolute Gasteiger partial charge is 0.382 e. The predicted molar refractivity (Wildman–Crippen MR) is 108 cm³/mol. The van der Waals surface area contributed by atoms with E-state index in [1.807, 2.05) is 18.9 Å². The van der Waals surface area contributed by atoms with Gasteiger partial charge in [-0.1, -0.05) is 0 Å². The summed E-state index contributed by atoms with van der Waals surface area (Å²) in [6.07, 6.45) is 0.757. The summed E-state index contributed by atoms with van der Waals surface area (Å²) in [5.41, 5.74) is 0. The second-order valence-corrected chi connectivity index (χ2v) is 9.49. The van der Waals surface area contributed by atoms with Crippen molar-refractivity contribution in [1.82, 2.24) is 5.01 Å². The van der Waals surface area contributed by atoms with Crippen LogP contribution in [0.3, 0.4) is 0 Å². The summed E-state index contributed by atoms with van der Waals surface area (Å²) in [5.74, 6) is -2.34. The molecule has 0 saturated carbocycles. The standard InChI is InChI=1S/C20H33N3O8/c1-19(2)28-15-14(27-18-17(16(15)29-19)30-20(3,4)31-18)12(10-23(24)25)9-21-22-8-6-7-13(22)11-26-5/h9,12-18H,6-8,10-11H2,1-5H3/b21-9+/t12-,13+,14-,15+,16+,17-,18-/m1/s1. The monoisotopic (exact) mass is 443 g/mol. The Morgan fingerprint density at radius 3 is 2.55 bits per heavy atom. The number of ether oxygens (including phenoxy) is 6. The molecule has 0 spiro atoms. The van der Waals surface area contributed by atoms with Crippen molar-refractivity contribution in [2.45, 2.75) is 88.9 Å². The first-order chi connectivity index (χ1) is 14.6. The van der Waals surface area contributed by atoms with E-state index >= 15 is 0 Å². The van der Waals surface area contributed by atoms with E-state index in [4.69, 9.17) is 28.4 Å². The highest BCUT2D eigenvalue weighted by molar-refractivity contribution is 5.61. The van der Waals surface area contributed by atoms with Crippen molar-refractivity contribution in [1.29, 1.82) is 0 Å². The van der Waals surface area contributed by atoms with Gasteiger partial charge in [0.2, 0.25) is 6.54 Å². The van der Waals surface area contributed by atoms with E-state index in [9.17, 15) is 10.1 Å². The number of rotatable bonds is 7. The zero-order chi connectivity index (χ0) is 22.4. The molecule has 0 radical (unpaired) electrons. The van der Waals surface area contributed by atoms with E-state index in [0.29, 0.717) is 6.61 Å². The van der Waals surface area contributed by atoms with Gasteiger partial charge in [-0.15, -0.1) is 0 Å². The minimum Gasteiger partial charge on any atom is -0.382 e. The van der Waals surface area contributed by atoms with E-state index in [1.54, 1.807) is 27.2 Å². The van der Waals surface area contributed by atoms with Crippen molar-refractivity contribution in [2.75, 3.05) is 26.8 Å². The van der Waals surface area contributed by atoms with Crippen molar-refractivity contribution < 1.29 is 33.3 Å². The van der Waals surface area contributed by atoms with Crippen LogP contribution in [0.2, 0.25) is 0 Å². The zero-order valence-corrected chi connectivity index (χ0v) is 18.8. The van der Waals surface area contributed by atoms with Crippen LogP contribution in [0.25, 0.3) is 0 Å². The minimum atomic E-state index is -0.864.